The summed E-state index contributed by atoms with van der Waals surface area (Å²) in [6.07, 6.45) is 1.06. The van der Waals surface area contributed by atoms with Crippen LogP contribution in [-0.2, 0) is 17.8 Å². The maximum Gasteiger partial charge on any atom is 0.310 e. The fraction of sp³-hybridized carbons (Fsp3) is 0.583. The van der Waals surface area contributed by atoms with E-state index in [1.807, 2.05) is 0 Å². The van der Waals surface area contributed by atoms with Crippen LogP contribution in [0.15, 0.2) is 12.1 Å². The SMILES string of the molecule is CCc1ccc(CNCC(C)(C)C(=O)O)s1. The number of carboxylic acids is 1. The molecule has 0 amide bonds. The van der Waals surface area contributed by atoms with Gasteiger partial charge in [-0.1, -0.05) is 6.92 Å². The minimum atomic E-state index is -0.763. The lowest BCUT2D eigenvalue weighted by Crippen LogP contribution is -2.35. The Morgan fingerprint density at radius 2 is 2.06 bits per heavy atom. The molecule has 0 saturated carbocycles. The molecule has 0 unspecified atom stereocenters. The van der Waals surface area contributed by atoms with Gasteiger partial charge in [0.15, 0.2) is 0 Å². The highest BCUT2D eigenvalue weighted by atomic mass is 32.1. The van der Waals surface area contributed by atoms with Crippen LogP contribution in [0, 0.1) is 5.41 Å². The van der Waals surface area contributed by atoms with E-state index in [9.17, 15) is 4.79 Å². The second kappa shape index (κ2) is 5.46. The van der Waals surface area contributed by atoms with Crippen LogP contribution in [0.4, 0.5) is 0 Å². The first-order chi connectivity index (χ1) is 7.45. The molecule has 0 spiro atoms. The summed E-state index contributed by atoms with van der Waals surface area (Å²) in [4.78, 5) is 13.5. The van der Waals surface area contributed by atoms with Crippen molar-refractivity contribution < 1.29 is 9.90 Å². The molecule has 0 bridgehead atoms. The molecular formula is C12H19NO2S. The van der Waals surface area contributed by atoms with Gasteiger partial charge in [0.2, 0.25) is 0 Å². The Balaban J connectivity index is 2.38. The summed E-state index contributed by atoms with van der Waals surface area (Å²) in [6.45, 7) is 6.84. The average Bonchev–Trinajstić information content (AvgIpc) is 2.65. The zero-order valence-corrected chi connectivity index (χ0v) is 10.9. The largest absolute Gasteiger partial charge is 0.481 e. The van der Waals surface area contributed by atoms with E-state index >= 15 is 0 Å². The maximum absolute atomic E-state index is 10.9. The van der Waals surface area contributed by atoms with E-state index in [1.54, 1.807) is 25.2 Å². The van der Waals surface area contributed by atoms with Crippen molar-refractivity contribution in [1.29, 1.82) is 0 Å². The molecule has 0 fully saturated rings. The van der Waals surface area contributed by atoms with Crippen LogP contribution < -0.4 is 5.32 Å². The van der Waals surface area contributed by atoms with Gasteiger partial charge in [0.25, 0.3) is 0 Å². The summed E-state index contributed by atoms with van der Waals surface area (Å²) in [7, 11) is 0. The molecule has 16 heavy (non-hydrogen) atoms. The Morgan fingerprint density at radius 1 is 1.44 bits per heavy atom. The van der Waals surface area contributed by atoms with E-state index in [0.717, 1.165) is 13.0 Å². The van der Waals surface area contributed by atoms with E-state index in [2.05, 4.69) is 24.4 Å². The third-order valence-corrected chi connectivity index (χ3v) is 3.74. The van der Waals surface area contributed by atoms with Crippen molar-refractivity contribution in [2.75, 3.05) is 6.54 Å². The second-order valence-electron chi connectivity index (χ2n) is 4.51. The number of aryl methyl sites for hydroxylation is 1. The molecule has 1 rings (SSSR count). The lowest BCUT2D eigenvalue weighted by Gasteiger charge is -2.19. The van der Waals surface area contributed by atoms with Crippen LogP contribution in [0.1, 0.15) is 30.5 Å². The number of carboxylic acid groups (broad SMARTS) is 1. The molecule has 0 aliphatic carbocycles. The standard InChI is InChI=1S/C12H19NO2S/c1-4-9-5-6-10(16-9)7-13-8-12(2,3)11(14)15/h5-6,13H,4,7-8H2,1-3H3,(H,14,15). The maximum atomic E-state index is 10.9. The molecule has 4 heteroatoms. The highest BCUT2D eigenvalue weighted by Gasteiger charge is 2.26. The van der Waals surface area contributed by atoms with Crippen LogP contribution >= 0.6 is 11.3 Å². The first kappa shape index (κ1) is 13.2. The Kier molecular flexibility index (Phi) is 4.50. The van der Waals surface area contributed by atoms with Crippen LogP contribution in [0.25, 0.3) is 0 Å². The van der Waals surface area contributed by atoms with Crippen molar-refractivity contribution in [1.82, 2.24) is 5.32 Å². The zero-order chi connectivity index (χ0) is 12.2. The van der Waals surface area contributed by atoms with E-state index in [4.69, 9.17) is 5.11 Å². The molecule has 1 aromatic heterocycles. The van der Waals surface area contributed by atoms with Gasteiger partial charge in [-0.25, -0.2) is 0 Å². The fourth-order valence-corrected chi connectivity index (χ4v) is 2.21. The smallest absolute Gasteiger partial charge is 0.310 e. The molecule has 0 radical (unpaired) electrons. The summed E-state index contributed by atoms with van der Waals surface area (Å²) < 4.78 is 0. The quantitative estimate of drug-likeness (QED) is 0.804. The lowest BCUT2D eigenvalue weighted by molar-refractivity contribution is -0.146. The molecule has 1 aromatic rings. The Labute approximate surface area is 100 Å². The minimum absolute atomic E-state index is 0.488. The Morgan fingerprint density at radius 3 is 2.56 bits per heavy atom. The van der Waals surface area contributed by atoms with Crippen LogP contribution in [0.2, 0.25) is 0 Å². The summed E-state index contributed by atoms with van der Waals surface area (Å²) >= 11 is 1.78. The highest BCUT2D eigenvalue weighted by Crippen LogP contribution is 2.18. The molecule has 3 nitrogen and oxygen atoms in total. The summed E-state index contributed by atoms with van der Waals surface area (Å²) in [5, 5.41) is 12.1. The van der Waals surface area contributed by atoms with E-state index < -0.39 is 11.4 Å². The summed E-state index contributed by atoms with van der Waals surface area (Å²) in [6, 6.07) is 4.23. The molecule has 0 aliphatic rings. The predicted molar refractivity (Wildman–Crippen MR) is 66.8 cm³/mol. The van der Waals surface area contributed by atoms with E-state index in [-0.39, 0.29) is 0 Å². The van der Waals surface area contributed by atoms with Crippen LogP contribution in [-0.4, -0.2) is 17.6 Å². The van der Waals surface area contributed by atoms with Gasteiger partial charge in [-0.3, -0.25) is 4.79 Å². The normalized spacial score (nSPS) is 11.7. The molecule has 1 heterocycles. The van der Waals surface area contributed by atoms with Crippen molar-refractivity contribution in [3.05, 3.63) is 21.9 Å². The van der Waals surface area contributed by atoms with Crippen molar-refractivity contribution in [2.45, 2.75) is 33.7 Å². The number of carbonyl (C=O) groups is 1. The van der Waals surface area contributed by atoms with Gasteiger partial charge >= 0.3 is 5.97 Å². The molecule has 0 aliphatic heterocycles. The third-order valence-electron chi connectivity index (χ3n) is 2.51. The monoisotopic (exact) mass is 241 g/mol. The van der Waals surface area contributed by atoms with Gasteiger partial charge in [-0.2, -0.15) is 0 Å². The van der Waals surface area contributed by atoms with Gasteiger partial charge in [0, 0.05) is 22.8 Å². The summed E-state index contributed by atoms with van der Waals surface area (Å²) in [5.41, 5.74) is -0.704. The average molecular weight is 241 g/mol. The van der Waals surface area contributed by atoms with Gasteiger partial charge in [-0.05, 0) is 32.4 Å². The van der Waals surface area contributed by atoms with Crippen molar-refractivity contribution in [2.24, 2.45) is 5.41 Å². The molecule has 2 N–H and O–H groups in total. The number of hydrogen-bond donors (Lipinski definition) is 2. The number of rotatable bonds is 6. The van der Waals surface area contributed by atoms with E-state index in [1.165, 1.54) is 9.75 Å². The topological polar surface area (TPSA) is 49.3 Å². The number of hydrogen-bond acceptors (Lipinski definition) is 3. The number of aliphatic carboxylic acids is 1. The Hall–Kier alpha value is -0.870. The Bertz CT molecular complexity index is 358. The molecule has 0 aromatic carbocycles. The second-order valence-corrected chi connectivity index (χ2v) is 5.77. The molecule has 0 saturated heterocycles. The molecule has 0 atom stereocenters. The van der Waals surface area contributed by atoms with Crippen molar-refractivity contribution in [3.63, 3.8) is 0 Å². The van der Waals surface area contributed by atoms with Gasteiger partial charge in [0.1, 0.15) is 0 Å². The van der Waals surface area contributed by atoms with Gasteiger partial charge < -0.3 is 10.4 Å². The predicted octanol–water partition coefficient (Wildman–Crippen LogP) is 2.51. The lowest BCUT2D eigenvalue weighted by atomic mass is 9.94. The molecular weight excluding hydrogens is 222 g/mol. The van der Waals surface area contributed by atoms with Crippen LogP contribution in [0.5, 0.6) is 0 Å². The summed E-state index contributed by atoms with van der Waals surface area (Å²) in [5.74, 6) is -0.763. The number of thiophene rings is 1. The molecule has 90 valence electrons. The van der Waals surface area contributed by atoms with Gasteiger partial charge in [0.05, 0.1) is 5.41 Å². The zero-order valence-electron chi connectivity index (χ0n) is 10.0. The van der Waals surface area contributed by atoms with Crippen molar-refractivity contribution >= 4 is 17.3 Å². The minimum Gasteiger partial charge on any atom is -0.481 e. The van der Waals surface area contributed by atoms with E-state index in [0.29, 0.717) is 6.54 Å². The first-order valence-corrected chi connectivity index (χ1v) is 6.29. The fourth-order valence-electron chi connectivity index (χ4n) is 1.28. The first-order valence-electron chi connectivity index (χ1n) is 5.47. The third kappa shape index (κ3) is 3.61. The van der Waals surface area contributed by atoms with Crippen molar-refractivity contribution in [3.8, 4) is 0 Å². The van der Waals surface area contributed by atoms with Gasteiger partial charge in [-0.15, -0.1) is 11.3 Å². The number of nitrogens with one attached hydrogen (secondary N) is 1. The highest BCUT2D eigenvalue weighted by molar-refractivity contribution is 7.11. The van der Waals surface area contributed by atoms with Crippen LogP contribution in [0.3, 0.4) is 0 Å².